The van der Waals surface area contributed by atoms with E-state index in [4.69, 9.17) is 21.4 Å². The van der Waals surface area contributed by atoms with Crippen molar-refractivity contribution in [1.82, 2.24) is 5.43 Å². The molecule has 7 heteroatoms. The van der Waals surface area contributed by atoms with E-state index in [2.05, 4.69) is 10.3 Å². The second-order valence-corrected chi connectivity index (χ2v) is 4.84. The number of carbonyl (C=O) groups is 1. The third kappa shape index (κ3) is 3.79. The first-order valence-electron chi connectivity index (χ1n) is 6.84. The topological polar surface area (TPSA) is 114 Å². The molecule has 0 saturated carbocycles. The molecule has 0 radical (unpaired) electrons. The lowest BCUT2D eigenvalue weighted by molar-refractivity contribution is -0.132. The molecular formula is C14H20N4O3. The van der Waals surface area contributed by atoms with E-state index in [0.29, 0.717) is 5.75 Å². The monoisotopic (exact) mass is 292 g/mol. The Kier molecular flexibility index (Phi) is 4.89. The fraction of sp³-hybridized carbons (Fsp3) is 0.357. The molecule has 1 aromatic carbocycles. The van der Waals surface area contributed by atoms with Crippen LogP contribution in [0.3, 0.4) is 0 Å². The predicted octanol–water partition coefficient (Wildman–Crippen LogP) is 0.731. The lowest BCUT2D eigenvalue weighted by Gasteiger charge is -2.29. The molecule has 1 heterocycles. The average Bonchev–Trinajstić information content (AvgIpc) is 2.53. The zero-order chi connectivity index (χ0) is 15.2. The Hall–Kier alpha value is -2.41. The highest BCUT2D eigenvalue weighted by atomic mass is 16.5. The van der Waals surface area contributed by atoms with Gasteiger partial charge >= 0.3 is 5.97 Å². The fourth-order valence-electron chi connectivity index (χ4n) is 2.27. The molecule has 0 unspecified atom stereocenters. The fourth-order valence-corrected chi connectivity index (χ4v) is 2.27. The SMILES string of the molecule is NN/C(Oc1cccc(N2CCCCC2)c1)=C(\N)C(=O)O. The molecule has 0 spiro atoms. The van der Waals surface area contributed by atoms with Crippen LogP contribution in [0.15, 0.2) is 35.8 Å². The number of aliphatic carboxylic acids is 1. The van der Waals surface area contributed by atoms with Crippen LogP contribution < -0.4 is 26.6 Å². The van der Waals surface area contributed by atoms with E-state index in [1.165, 1.54) is 19.3 Å². The van der Waals surface area contributed by atoms with Gasteiger partial charge in [0.2, 0.25) is 5.88 Å². The van der Waals surface area contributed by atoms with Crippen LogP contribution in [-0.4, -0.2) is 24.2 Å². The quantitative estimate of drug-likeness (QED) is 0.274. The third-order valence-electron chi connectivity index (χ3n) is 3.36. The molecule has 2 rings (SSSR count). The molecular weight excluding hydrogens is 272 g/mol. The molecule has 0 aromatic heterocycles. The Morgan fingerprint density at radius 2 is 2.00 bits per heavy atom. The van der Waals surface area contributed by atoms with Gasteiger partial charge in [-0.2, -0.15) is 0 Å². The number of piperidine rings is 1. The van der Waals surface area contributed by atoms with Gasteiger partial charge in [0.15, 0.2) is 5.70 Å². The number of hydrogen-bond donors (Lipinski definition) is 4. The van der Waals surface area contributed by atoms with E-state index < -0.39 is 11.7 Å². The summed E-state index contributed by atoms with van der Waals surface area (Å²) in [7, 11) is 0. The van der Waals surface area contributed by atoms with Crippen molar-refractivity contribution in [3.63, 3.8) is 0 Å². The number of nitrogens with zero attached hydrogens (tertiary/aromatic N) is 1. The molecule has 114 valence electrons. The van der Waals surface area contributed by atoms with Crippen molar-refractivity contribution in [2.75, 3.05) is 18.0 Å². The molecule has 1 aromatic rings. The van der Waals surface area contributed by atoms with E-state index in [9.17, 15) is 4.79 Å². The normalized spacial score (nSPS) is 16.1. The lowest BCUT2D eigenvalue weighted by Crippen LogP contribution is -2.31. The molecule has 0 amide bonds. The summed E-state index contributed by atoms with van der Waals surface area (Å²) < 4.78 is 5.43. The number of carboxylic acids is 1. The van der Waals surface area contributed by atoms with Gasteiger partial charge in [-0.25, -0.2) is 10.6 Å². The summed E-state index contributed by atoms with van der Waals surface area (Å²) in [6.45, 7) is 2.02. The maximum absolute atomic E-state index is 10.8. The number of ether oxygens (including phenoxy) is 1. The van der Waals surface area contributed by atoms with Crippen LogP contribution >= 0.6 is 0 Å². The third-order valence-corrected chi connectivity index (χ3v) is 3.36. The minimum absolute atomic E-state index is 0.182. The number of rotatable bonds is 5. The summed E-state index contributed by atoms with van der Waals surface area (Å²) in [4.78, 5) is 13.1. The highest BCUT2D eigenvalue weighted by Crippen LogP contribution is 2.25. The van der Waals surface area contributed by atoms with Gasteiger partial charge in [0.25, 0.3) is 0 Å². The molecule has 1 aliphatic heterocycles. The van der Waals surface area contributed by atoms with Crippen molar-refractivity contribution >= 4 is 11.7 Å². The summed E-state index contributed by atoms with van der Waals surface area (Å²) >= 11 is 0. The molecule has 1 aliphatic rings. The number of nitrogens with two attached hydrogens (primary N) is 2. The Labute approximate surface area is 123 Å². The van der Waals surface area contributed by atoms with Crippen LogP contribution in [0.5, 0.6) is 5.75 Å². The van der Waals surface area contributed by atoms with E-state index in [1.807, 2.05) is 18.2 Å². The summed E-state index contributed by atoms with van der Waals surface area (Å²) in [6, 6.07) is 7.42. The molecule has 21 heavy (non-hydrogen) atoms. The highest BCUT2D eigenvalue weighted by molar-refractivity contribution is 5.85. The average molecular weight is 292 g/mol. The molecule has 1 saturated heterocycles. The standard InChI is InChI=1S/C14H20N4O3/c15-12(14(19)20)13(17-16)21-11-6-4-5-10(9-11)18-7-2-1-3-8-18/h4-6,9,17H,1-3,7-8,15-16H2,(H,19,20)/b13-12+. The summed E-state index contributed by atoms with van der Waals surface area (Å²) in [6.07, 6.45) is 3.60. The first-order valence-corrected chi connectivity index (χ1v) is 6.84. The number of anilines is 1. The Bertz CT molecular complexity index is 539. The second kappa shape index (κ2) is 6.85. The summed E-state index contributed by atoms with van der Waals surface area (Å²) in [5.74, 6) is 4.26. The predicted molar refractivity (Wildman–Crippen MR) is 79.3 cm³/mol. The van der Waals surface area contributed by atoms with Crippen molar-refractivity contribution in [3.05, 3.63) is 35.8 Å². The maximum atomic E-state index is 10.8. The number of hydrogen-bond acceptors (Lipinski definition) is 6. The first-order chi connectivity index (χ1) is 10.1. The van der Waals surface area contributed by atoms with Crippen LogP contribution in [0.25, 0.3) is 0 Å². The van der Waals surface area contributed by atoms with Crippen LogP contribution in [0.1, 0.15) is 19.3 Å². The number of hydrazine groups is 1. The minimum atomic E-state index is -1.30. The van der Waals surface area contributed by atoms with Gasteiger partial charge in [-0.15, -0.1) is 0 Å². The maximum Gasteiger partial charge on any atom is 0.357 e. The van der Waals surface area contributed by atoms with Gasteiger partial charge in [0, 0.05) is 24.8 Å². The summed E-state index contributed by atoms with van der Waals surface area (Å²) in [5, 5.41) is 8.85. The minimum Gasteiger partial charge on any atom is -0.476 e. The van der Waals surface area contributed by atoms with E-state index in [1.54, 1.807) is 6.07 Å². The van der Waals surface area contributed by atoms with Crippen molar-refractivity contribution in [2.45, 2.75) is 19.3 Å². The van der Waals surface area contributed by atoms with Gasteiger partial charge in [-0.3, -0.25) is 5.43 Å². The summed E-state index contributed by atoms with van der Waals surface area (Å²) in [5.41, 5.74) is 8.14. The van der Waals surface area contributed by atoms with Crippen molar-refractivity contribution in [3.8, 4) is 5.75 Å². The van der Waals surface area contributed by atoms with Crippen LogP contribution in [0, 0.1) is 0 Å². The van der Waals surface area contributed by atoms with Crippen LogP contribution in [0.4, 0.5) is 5.69 Å². The molecule has 0 bridgehead atoms. The molecule has 7 nitrogen and oxygen atoms in total. The van der Waals surface area contributed by atoms with Gasteiger partial charge in [-0.1, -0.05) is 6.07 Å². The van der Waals surface area contributed by atoms with Crippen molar-refractivity contribution in [2.24, 2.45) is 11.6 Å². The Morgan fingerprint density at radius 3 is 2.62 bits per heavy atom. The highest BCUT2D eigenvalue weighted by Gasteiger charge is 2.14. The molecule has 1 fully saturated rings. The van der Waals surface area contributed by atoms with Crippen LogP contribution in [-0.2, 0) is 4.79 Å². The lowest BCUT2D eigenvalue weighted by atomic mass is 10.1. The van der Waals surface area contributed by atoms with Crippen molar-refractivity contribution in [1.29, 1.82) is 0 Å². The number of carboxylic acid groups (broad SMARTS) is 1. The van der Waals surface area contributed by atoms with E-state index in [-0.39, 0.29) is 5.88 Å². The van der Waals surface area contributed by atoms with Gasteiger partial charge in [-0.05, 0) is 31.4 Å². The Balaban J connectivity index is 2.17. The Morgan fingerprint density at radius 1 is 1.29 bits per heavy atom. The van der Waals surface area contributed by atoms with E-state index in [0.717, 1.165) is 18.8 Å². The zero-order valence-electron chi connectivity index (χ0n) is 11.7. The molecule has 6 N–H and O–H groups in total. The smallest absolute Gasteiger partial charge is 0.357 e. The van der Waals surface area contributed by atoms with E-state index >= 15 is 0 Å². The number of benzene rings is 1. The van der Waals surface area contributed by atoms with Gasteiger partial charge < -0.3 is 20.5 Å². The molecule has 0 aliphatic carbocycles. The van der Waals surface area contributed by atoms with Gasteiger partial charge in [0.05, 0.1) is 0 Å². The zero-order valence-corrected chi connectivity index (χ0v) is 11.7. The second-order valence-electron chi connectivity index (χ2n) is 4.84. The van der Waals surface area contributed by atoms with Crippen molar-refractivity contribution < 1.29 is 14.6 Å². The van der Waals surface area contributed by atoms with Crippen LogP contribution in [0.2, 0.25) is 0 Å². The number of nitrogens with one attached hydrogen (secondary N) is 1. The molecule has 0 atom stereocenters. The van der Waals surface area contributed by atoms with Gasteiger partial charge in [0.1, 0.15) is 5.75 Å². The first kappa shape index (κ1) is 15.0. The largest absolute Gasteiger partial charge is 0.476 e.